The molecule has 4 heteroatoms. The maximum absolute atomic E-state index is 5.82. The molecule has 0 saturated carbocycles. The highest BCUT2D eigenvalue weighted by atomic mass is 35.5. The molecule has 3 nitrogen and oxygen atoms in total. The molecule has 1 N–H and O–H groups in total. The van der Waals surface area contributed by atoms with Gasteiger partial charge in [-0.1, -0.05) is 24.3 Å². The summed E-state index contributed by atoms with van der Waals surface area (Å²) in [5.74, 6) is 0.585. The first-order chi connectivity index (χ1) is 8.88. The van der Waals surface area contributed by atoms with Gasteiger partial charge in [0.25, 0.3) is 0 Å². The Morgan fingerprint density at radius 1 is 1.22 bits per heavy atom. The molecule has 100 valence electrons. The molecule has 0 radical (unpaired) electrons. The smallest absolute Gasteiger partial charge is 0.0594 e. The maximum Gasteiger partial charge on any atom is 0.0594 e. The summed E-state index contributed by atoms with van der Waals surface area (Å²) in [5, 5.41) is 3.47. The first kappa shape index (κ1) is 13.8. The van der Waals surface area contributed by atoms with Gasteiger partial charge in [-0.05, 0) is 11.1 Å². The molecular formula is C14H21ClN2O. The summed E-state index contributed by atoms with van der Waals surface area (Å²) >= 11 is 5.82. The van der Waals surface area contributed by atoms with E-state index in [0.717, 1.165) is 45.9 Å². The minimum absolute atomic E-state index is 0.585. The molecule has 1 saturated heterocycles. The quantitative estimate of drug-likeness (QED) is 0.630. The van der Waals surface area contributed by atoms with Gasteiger partial charge >= 0.3 is 0 Å². The number of ether oxygens (including phenoxy) is 1. The molecular weight excluding hydrogens is 248 g/mol. The molecule has 1 fully saturated rings. The fourth-order valence-corrected chi connectivity index (χ4v) is 2.28. The third kappa shape index (κ3) is 4.58. The van der Waals surface area contributed by atoms with Crippen LogP contribution < -0.4 is 5.32 Å². The first-order valence-electron chi connectivity index (χ1n) is 6.53. The van der Waals surface area contributed by atoms with Crippen molar-refractivity contribution in [3.05, 3.63) is 35.4 Å². The number of rotatable bonds is 6. The van der Waals surface area contributed by atoms with E-state index in [4.69, 9.17) is 16.3 Å². The van der Waals surface area contributed by atoms with Crippen LogP contribution in [0.1, 0.15) is 11.1 Å². The number of morpholine rings is 1. The second-order valence-electron chi connectivity index (χ2n) is 4.58. The van der Waals surface area contributed by atoms with Gasteiger partial charge in [-0.3, -0.25) is 4.90 Å². The average Bonchev–Trinajstić information content (AvgIpc) is 2.45. The van der Waals surface area contributed by atoms with E-state index < -0.39 is 0 Å². The van der Waals surface area contributed by atoms with Gasteiger partial charge in [0.05, 0.1) is 13.2 Å². The molecule has 0 atom stereocenters. The van der Waals surface area contributed by atoms with Crippen molar-refractivity contribution in [3.63, 3.8) is 0 Å². The Hall–Kier alpha value is -0.610. The van der Waals surface area contributed by atoms with E-state index in [1.54, 1.807) is 0 Å². The van der Waals surface area contributed by atoms with E-state index in [1.165, 1.54) is 11.1 Å². The summed E-state index contributed by atoms with van der Waals surface area (Å²) in [6.07, 6.45) is 0. The standard InChI is InChI=1S/C14H21ClN2O/c15-11-13-2-1-3-14(10-13)12-16-4-5-17-6-8-18-9-7-17/h1-3,10,16H,4-9,11-12H2. The monoisotopic (exact) mass is 268 g/mol. The Balaban J connectivity index is 1.65. The first-order valence-corrected chi connectivity index (χ1v) is 7.06. The second kappa shape index (κ2) is 7.74. The average molecular weight is 269 g/mol. The van der Waals surface area contributed by atoms with Gasteiger partial charge in [0.1, 0.15) is 0 Å². The molecule has 1 aromatic carbocycles. The van der Waals surface area contributed by atoms with Gasteiger partial charge in [-0.2, -0.15) is 0 Å². The zero-order chi connectivity index (χ0) is 12.6. The van der Waals surface area contributed by atoms with Crippen LogP contribution in [0.3, 0.4) is 0 Å². The van der Waals surface area contributed by atoms with E-state index in [9.17, 15) is 0 Å². The van der Waals surface area contributed by atoms with Gasteiger partial charge in [-0.15, -0.1) is 11.6 Å². The third-order valence-electron chi connectivity index (χ3n) is 3.18. The maximum atomic E-state index is 5.82. The van der Waals surface area contributed by atoms with Crippen molar-refractivity contribution in [3.8, 4) is 0 Å². The van der Waals surface area contributed by atoms with Gasteiger partial charge < -0.3 is 10.1 Å². The van der Waals surface area contributed by atoms with Crippen molar-refractivity contribution in [2.24, 2.45) is 0 Å². The number of halogens is 1. The Bertz CT molecular complexity index is 353. The van der Waals surface area contributed by atoms with E-state index in [2.05, 4.69) is 34.5 Å². The summed E-state index contributed by atoms with van der Waals surface area (Å²) in [6.45, 7) is 6.89. The van der Waals surface area contributed by atoms with E-state index >= 15 is 0 Å². The zero-order valence-electron chi connectivity index (χ0n) is 10.7. The highest BCUT2D eigenvalue weighted by Crippen LogP contribution is 2.07. The Labute approximate surface area is 114 Å². The number of benzene rings is 1. The zero-order valence-corrected chi connectivity index (χ0v) is 11.5. The third-order valence-corrected chi connectivity index (χ3v) is 3.49. The van der Waals surface area contributed by atoms with Crippen molar-refractivity contribution < 1.29 is 4.74 Å². The fourth-order valence-electron chi connectivity index (χ4n) is 2.12. The summed E-state index contributed by atoms with van der Waals surface area (Å²) in [7, 11) is 0. The molecule has 0 amide bonds. The predicted octanol–water partition coefficient (Wildman–Crippen LogP) is 1.85. The highest BCUT2D eigenvalue weighted by molar-refractivity contribution is 6.17. The van der Waals surface area contributed by atoms with Crippen molar-refractivity contribution >= 4 is 11.6 Å². The minimum Gasteiger partial charge on any atom is -0.379 e. The van der Waals surface area contributed by atoms with Crippen molar-refractivity contribution in [1.82, 2.24) is 10.2 Å². The van der Waals surface area contributed by atoms with Gasteiger partial charge in [0, 0.05) is 38.6 Å². The van der Waals surface area contributed by atoms with Crippen LogP contribution >= 0.6 is 11.6 Å². The number of hydrogen-bond acceptors (Lipinski definition) is 3. The predicted molar refractivity (Wildman–Crippen MR) is 75.0 cm³/mol. The van der Waals surface area contributed by atoms with E-state index in [0.29, 0.717) is 5.88 Å². The van der Waals surface area contributed by atoms with Crippen LogP contribution in [0.25, 0.3) is 0 Å². The van der Waals surface area contributed by atoms with Crippen molar-refractivity contribution in [1.29, 1.82) is 0 Å². The molecule has 1 aromatic rings. The molecule has 1 aliphatic rings. The molecule has 0 unspecified atom stereocenters. The highest BCUT2D eigenvalue weighted by Gasteiger charge is 2.08. The molecule has 0 aliphatic carbocycles. The Morgan fingerprint density at radius 2 is 2.00 bits per heavy atom. The Kier molecular flexibility index (Phi) is 5.94. The Morgan fingerprint density at radius 3 is 2.78 bits per heavy atom. The molecule has 18 heavy (non-hydrogen) atoms. The van der Waals surface area contributed by atoms with Crippen LogP contribution in [-0.2, 0) is 17.2 Å². The lowest BCUT2D eigenvalue weighted by atomic mass is 10.1. The fraction of sp³-hybridized carbons (Fsp3) is 0.571. The molecule has 1 aliphatic heterocycles. The number of alkyl halides is 1. The largest absolute Gasteiger partial charge is 0.379 e. The molecule has 0 spiro atoms. The number of nitrogens with one attached hydrogen (secondary N) is 1. The van der Waals surface area contributed by atoms with Gasteiger partial charge in [-0.25, -0.2) is 0 Å². The van der Waals surface area contributed by atoms with Crippen LogP contribution in [-0.4, -0.2) is 44.3 Å². The molecule has 1 heterocycles. The van der Waals surface area contributed by atoms with E-state index in [-0.39, 0.29) is 0 Å². The van der Waals surface area contributed by atoms with Crippen LogP contribution in [0.15, 0.2) is 24.3 Å². The summed E-state index contributed by atoms with van der Waals surface area (Å²) in [4.78, 5) is 2.44. The summed E-state index contributed by atoms with van der Waals surface area (Å²) < 4.78 is 5.33. The van der Waals surface area contributed by atoms with Crippen LogP contribution in [0.5, 0.6) is 0 Å². The number of hydrogen-bond donors (Lipinski definition) is 1. The summed E-state index contributed by atoms with van der Waals surface area (Å²) in [6, 6.07) is 8.42. The SMILES string of the molecule is ClCc1cccc(CNCCN2CCOCC2)c1. The van der Waals surface area contributed by atoms with Crippen LogP contribution in [0.2, 0.25) is 0 Å². The minimum atomic E-state index is 0.585. The van der Waals surface area contributed by atoms with Gasteiger partial charge in [0.15, 0.2) is 0 Å². The molecule has 0 bridgehead atoms. The molecule has 0 aromatic heterocycles. The molecule has 2 rings (SSSR count). The lowest BCUT2D eigenvalue weighted by Crippen LogP contribution is -2.40. The van der Waals surface area contributed by atoms with E-state index in [1.807, 2.05) is 0 Å². The second-order valence-corrected chi connectivity index (χ2v) is 4.85. The van der Waals surface area contributed by atoms with Gasteiger partial charge in [0.2, 0.25) is 0 Å². The van der Waals surface area contributed by atoms with Crippen LogP contribution in [0.4, 0.5) is 0 Å². The lowest BCUT2D eigenvalue weighted by Gasteiger charge is -2.26. The topological polar surface area (TPSA) is 24.5 Å². The lowest BCUT2D eigenvalue weighted by molar-refractivity contribution is 0.0384. The summed E-state index contributed by atoms with van der Waals surface area (Å²) in [5.41, 5.74) is 2.49. The van der Waals surface area contributed by atoms with Crippen LogP contribution in [0, 0.1) is 0 Å². The number of nitrogens with zero attached hydrogens (tertiary/aromatic N) is 1. The van der Waals surface area contributed by atoms with Crippen molar-refractivity contribution in [2.45, 2.75) is 12.4 Å². The van der Waals surface area contributed by atoms with Crippen molar-refractivity contribution in [2.75, 3.05) is 39.4 Å². The normalized spacial score (nSPS) is 16.9.